The molecule has 100 valence electrons. The highest BCUT2D eigenvalue weighted by Crippen LogP contribution is 2.39. The van der Waals surface area contributed by atoms with E-state index in [1.165, 1.54) is 19.3 Å². The van der Waals surface area contributed by atoms with Gasteiger partial charge in [-0.15, -0.1) is 0 Å². The van der Waals surface area contributed by atoms with Crippen LogP contribution in [0.5, 0.6) is 0 Å². The third-order valence-corrected chi connectivity index (χ3v) is 3.91. The van der Waals surface area contributed by atoms with Crippen LogP contribution in [0.15, 0.2) is 0 Å². The van der Waals surface area contributed by atoms with Gasteiger partial charge < -0.3 is 14.2 Å². The van der Waals surface area contributed by atoms with Crippen LogP contribution in [0.3, 0.4) is 0 Å². The Kier molecular flexibility index (Phi) is 4.79. The van der Waals surface area contributed by atoms with Gasteiger partial charge in [-0.25, -0.2) is 0 Å². The van der Waals surface area contributed by atoms with Crippen molar-refractivity contribution < 1.29 is 14.2 Å². The van der Waals surface area contributed by atoms with Gasteiger partial charge in [0.05, 0.1) is 19.8 Å². The van der Waals surface area contributed by atoms with Crippen LogP contribution in [0.25, 0.3) is 0 Å². The molecule has 0 aromatic heterocycles. The minimum atomic E-state index is -0.0828. The SMILES string of the molecule is CCOC(CN1CCOCC12CCC2)OCC. The molecule has 0 amide bonds. The van der Waals surface area contributed by atoms with Gasteiger partial charge in [0.1, 0.15) is 0 Å². The molecule has 0 aromatic carbocycles. The first kappa shape index (κ1) is 13.3. The molecule has 4 nitrogen and oxygen atoms in total. The predicted octanol–water partition coefficient (Wildman–Crippen LogP) is 1.64. The number of ether oxygens (including phenoxy) is 3. The molecule has 2 rings (SSSR count). The molecule has 1 spiro atoms. The fraction of sp³-hybridized carbons (Fsp3) is 1.00. The Balaban J connectivity index is 1.89. The van der Waals surface area contributed by atoms with E-state index in [0.29, 0.717) is 18.8 Å². The van der Waals surface area contributed by atoms with E-state index in [1.807, 2.05) is 13.8 Å². The van der Waals surface area contributed by atoms with E-state index in [0.717, 1.165) is 26.3 Å². The number of hydrogen-bond donors (Lipinski definition) is 0. The van der Waals surface area contributed by atoms with Gasteiger partial charge >= 0.3 is 0 Å². The zero-order valence-corrected chi connectivity index (χ0v) is 11.1. The molecule has 1 heterocycles. The Hall–Kier alpha value is -0.160. The molecule has 0 radical (unpaired) electrons. The molecule has 1 aliphatic carbocycles. The molecule has 0 N–H and O–H groups in total. The quantitative estimate of drug-likeness (QED) is 0.664. The first-order chi connectivity index (χ1) is 8.30. The van der Waals surface area contributed by atoms with Gasteiger partial charge in [-0.3, -0.25) is 4.90 Å². The summed E-state index contributed by atoms with van der Waals surface area (Å²) in [6.07, 6.45) is 3.77. The number of morpholine rings is 1. The van der Waals surface area contributed by atoms with Crippen molar-refractivity contribution in [3.8, 4) is 0 Å². The average molecular weight is 243 g/mol. The lowest BCUT2D eigenvalue weighted by atomic mass is 9.75. The summed E-state index contributed by atoms with van der Waals surface area (Å²) in [5, 5.41) is 0. The maximum Gasteiger partial charge on any atom is 0.170 e. The van der Waals surface area contributed by atoms with Crippen LogP contribution >= 0.6 is 0 Å². The Morgan fingerprint density at radius 1 is 1.24 bits per heavy atom. The van der Waals surface area contributed by atoms with Gasteiger partial charge in [0.15, 0.2) is 6.29 Å². The van der Waals surface area contributed by atoms with Crippen LogP contribution in [-0.4, -0.2) is 56.2 Å². The van der Waals surface area contributed by atoms with Gasteiger partial charge in [-0.1, -0.05) is 0 Å². The molecule has 2 aliphatic rings. The van der Waals surface area contributed by atoms with Crippen molar-refractivity contribution in [3.63, 3.8) is 0 Å². The lowest BCUT2D eigenvalue weighted by Crippen LogP contribution is -2.62. The molecular weight excluding hydrogens is 218 g/mol. The van der Waals surface area contributed by atoms with E-state index in [4.69, 9.17) is 14.2 Å². The van der Waals surface area contributed by atoms with Crippen molar-refractivity contribution in [3.05, 3.63) is 0 Å². The second-order valence-corrected chi connectivity index (χ2v) is 4.92. The van der Waals surface area contributed by atoms with Crippen molar-refractivity contribution >= 4 is 0 Å². The first-order valence-corrected chi connectivity index (χ1v) is 6.87. The smallest absolute Gasteiger partial charge is 0.170 e. The number of rotatable bonds is 6. The maximum atomic E-state index is 5.64. The summed E-state index contributed by atoms with van der Waals surface area (Å²) in [5.74, 6) is 0. The largest absolute Gasteiger partial charge is 0.378 e. The van der Waals surface area contributed by atoms with Crippen molar-refractivity contribution in [2.75, 3.05) is 39.5 Å². The van der Waals surface area contributed by atoms with Gasteiger partial charge in [-0.2, -0.15) is 0 Å². The van der Waals surface area contributed by atoms with Gasteiger partial charge in [0.2, 0.25) is 0 Å². The fourth-order valence-electron chi connectivity index (χ4n) is 2.80. The van der Waals surface area contributed by atoms with Crippen molar-refractivity contribution in [1.82, 2.24) is 4.90 Å². The van der Waals surface area contributed by atoms with Crippen LogP contribution < -0.4 is 0 Å². The van der Waals surface area contributed by atoms with Crippen LogP contribution in [0, 0.1) is 0 Å². The third kappa shape index (κ3) is 2.99. The van der Waals surface area contributed by atoms with Crippen molar-refractivity contribution in [1.29, 1.82) is 0 Å². The third-order valence-electron chi connectivity index (χ3n) is 3.91. The monoisotopic (exact) mass is 243 g/mol. The summed E-state index contributed by atoms with van der Waals surface area (Å²) < 4.78 is 16.9. The summed E-state index contributed by atoms with van der Waals surface area (Å²) in [6, 6.07) is 0. The Morgan fingerprint density at radius 3 is 2.47 bits per heavy atom. The highest BCUT2D eigenvalue weighted by Gasteiger charge is 2.45. The highest BCUT2D eigenvalue weighted by atomic mass is 16.7. The van der Waals surface area contributed by atoms with Crippen molar-refractivity contribution in [2.45, 2.75) is 44.9 Å². The topological polar surface area (TPSA) is 30.9 Å². The fourth-order valence-corrected chi connectivity index (χ4v) is 2.80. The van der Waals surface area contributed by atoms with Crippen molar-refractivity contribution in [2.24, 2.45) is 0 Å². The van der Waals surface area contributed by atoms with Gasteiger partial charge in [-0.05, 0) is 33.1 Å². The molecule has 17 heavy (non-hydrogen) atoms. The van der Waals surface area contributed by atoms with Crippen LogP contribution in [0.1, 0.15) is 33.1 Å². The molecule has 0 bridgehead atoms. The standard InChI is InChI=1S/C13H25NO3/c1-3-16-12(17-4-2)10-14-8-9-15-11-13(14)6-5-7-13/h12H,3-11H2,1-2H3. The molecule has 4 heteroatoms. The second-order valence-electron chi connectivity index (χ2n) is 4.92. The van der Waals surface area contributed by atoms with Crippen LogP contribution in [-0.2, 0) is 14.2 Å². The zero-order chi connectivity index (χ0) is 12.1. The van der Waals surface area contributed by atoms with Gasteiger partial charge in [0.25, 0.3) is 0 Å². The summed E-state index contributed by atoms with van der Waals surface area (Å²) in [6.45, 7) is 9.07. The normalized spacial score (nSPS) is 24.2. The molecule has 2 fully saturated rings. The van der Waals surface area contributed by atoms with Gasteiger partial charge in [0, 0.05) is 25.3 Å². The minimum Gasteiger partial charge on any atom is -0.378 e. The summed E-state index contributed by atoms with van der Waals surface area (Å²) in [7, 11) is 0. The molecule has 0 aromatic rings. The minimum absolute atomic E-state index is 0.0828. The summed E-state index contributed by atoms with van der Waals surface area (Å²) in [4.78, 5) is 2.52. The predicted molar refractivity (Wildman–Crippen MR) is 66.0 cm³/mol. The van der Waals surface area contributed by atoms with E-state index < -0.39 is 0 Å². The van der Waals surface area contributed by atoms with E-state index >= 15 is 0 Å². The Bertz CT molecular complexity index is 225. The Labute approximate surface area is 104 Å². The van der Waals surface area contributed by atoms with E-state index in [2.05, 4.69) is 4.90 Å². The number of hydrogen-bond acceptors (Lipinski definition) is 4. The highest BCUT2D eigenvalue weighted by molar-refractivity contribution is 4.99. The first-order valence-electron chi connectivity index (χ1n) is 6.87. The van der Waals surface area contributed by atoms with Crippen LogP contribution in [0.4, 0.5) is 0 Å². The molecule has 0 atom stereocenters. The second kappa shape index (κ2) is 6.14. The maximum absolute atomic E-state index is 5.64. The molecule has 0 unspecified atom stereocenters. The number of nitrogens with zero attached hydrogens (tertiary/aromatic N) is 1. The lowest BCUT2D eigenvalue weighted by Gasteiger charge is -2.53. The molecular formula is C13H25NO3. The molecule has 1 saturated heterocycles. The molecule has 1 aliphatic heterocycles. The zero-order valence-electron chi connectivity index (χ0n) is 11.1. The summed E-state index contributed by atoms with van der Waals surface area (Å²) in [5.41, 5.74) is 0.296. The summed E-state index contributed by atoms with van der Waals surface area (Å²) >= 11 is 0. The molecule has 1 saturated carbocycles. The lowest BCUT2D eigenvalue weighted by molar-refractivity contribution is -0.183. The Morgan fingerprint density at radius 2 is 1.94 bits per heavy atom. The van der Waals surface area contributed by atoms with E-state index in [9.17, 15) is 0 Å². The average Bonchev–Trinajstić information content (AvgIpc) is 2.28. The van der Waals surface area contributed by atoms with E-state index in [1.54, 1.807) is 0 Å². The van der Waals surface area contributed by atoms with Crippen LogP contribution in [0.2, 0.25) is 0 Å². The van der Waals surface area contributed by atoms with E-state index in [-0.39, 0.29) is 6.29 Å².